The molecule has 11 nitrogen and oxygen atoms in total. The first-order valence-corrected chi connectivity index (χ1v) is 12.4. The van der Waals surface area contributed by atoms with Gasteiger partial charge in [-0.1, -0.05) is 10.6 Å². The number of hydrogen-bond acceptors (Lipinski definition) is 9. The maximum absolute atomic E-state index is 13.1. The third kappa shape index (κ3) is 4.53. The van der Waals surface area contributed by atoms with Crippen LogP contribution in [0.2, 0.25) is 0 Å². The quantitative estimate of drug-likeness (QED) is 0.349. The van der Waals surface area contributed by atoms with Crippen LogP contribution in [-0.4, -0.2) is 63.2 Å². The van der Waals surface area contributed by atoms with Crippen LogP contribution in [0, 0.1) is 0 Å². The highest BCUT2D eigenvalue weighted by Crippen LogP contribution is 2.41. The minimum Gasteiger partial charge on any atom is -0.384 e. The number of anilines is 1. The summed E-state index contributed by atoms with van der Waals surface area (Å²) in [6.45, 7) is 1.03. The van der Waals surface area contributed by atoms with Gasteiger partial charge in [0.25, 0.3) is 17.7 Å². The molecule has 12 heteroatoms. The van der Waals surface area contributed by atoms with Gasteiger partial charge < -0.3 is 10.6 Å². The third-order valence-electron chi connectivity index (χ3n) is 6.36. The van der Waals surface area contributed by atoms with Crippen molar-refractivity contribution in [1.29, 1.82) is 0 Å². The van der Waals surface area contributed by atoms with Crippen LogP contribution in [-0.2, 0) is 9.59 Å². The minimum absolute atomic E-state index is 0.0762. The Kier molecular flexibility index (Phi) is 6.29. The smallest absolute Gasteiger partial charge is 0.264 e. The molecule has 2 fully saturated rings. The minimum atomic E-state index is -0.995. The normalized spacial score (nSPS) is 19.5. The number of imide groups is 2. The van der Waals surface area contributed by atoms with Crippen molar-refractivity contribution >= 4 is 46.8 Å². The molecular formula is C23H24N6O5S. The van der Waals surface area contributed by atoms with E-state index < -0.39 is 29.7 Å². The van der Waals surface area contributed by atoms with E-state index in [4.69, 9.17) is 0 Å². The number of piperidine rings is 1. The zero-order valence-corrected chi connectivity index (χ0v) is 19.7. The first-order chi connectivity index (χ1) is 17.0. The van der Waals surface area contributed by atoms with Crippen LogP contribution >= 0.6 is 11.5 Å². The van der Waals surface area contributed by atoms with Gasteiger partial charge in [0.2, 0.25) is 11.8 Å². The van der Waals surface area contributed by atoms with Crippen LogP contribution in [0.3, 0.4) is 0 Å². The second-order valence-corrected chi connectivity index (χ2v) is 9.58. The monoisotopic (exact) mass is 496 g/mol. The number of nitrogens with one attached hydrogen (secondary N) is 3. The van der Waals surface area contributed by atoms with Crippen molar-refractivity contribution in [2.75, 3.05) is 18.4 Å². The van der Waals surface area contributed by atoms with Gasteiger partial charge >= 0.3 is 0 Å². The van der Waals surface area contributed by atoms with Gasteiger partial charge in [-0.3, -0.25) is 34.2 Å². The van der Waals surface area contributed by atoms with E-state index in [2.05, 4.69) is 25.5 Å². The average Bonchev–Trinajstić information content (AvgIpc) is 3.51. The van der Waals surface area contributed by atoms with E-state index in [-0.39, 0.29) is 29.9 Å². The van der Waals surface area contributed by atoms with Crippen LogP contribution in [0.1, 0.15) is 80.5 Å². The van der Waals surface area contributed by atoms with E-state index in [1.54, 1.807) is 18.2 Å². The summed E-state index contributed by atoms with van der Waals surface area (Å²) in [6, 6.07) is 3.97. The zero-order chi connectivity index (χ0) is 24.5. The molecule has 182 valence electrons. The first-order valence-electron chi connectivity index (χ1n) is 11.6. The Labute approximate surface area is 204 Å². The number of carbonyl (C=O) groups is 5. The summed E-state index contributed by atoms with van der Waals surface area (Å²) in [5.74, 6) is -1.90. The topological polar surface area (TPSA) is 150 Å². The highest BCUT2D eigenvalue weighted by atomic mass is 32.1. The Morgan fingerprint density at radius 2 is 1.89 bits per heavy atom. The van der Waals surface area contributed by atoms with Crippen LogP contribution in [0.4, 0.5) is 5.69 Å². The number of amides is 5. The molecule has 35 heavy (non-hydrogen) atoms. The average molecular weight is 497 g/mol. The second kappa shape index (κ2) is 9.53. The summed E-state index contributed by atoms with van der Waals surface area (Å²) in [4.78, 5) is 63.6. The predicted octanol–water partition coefficient (Wildman–Crippen LogP) is 1.44. The maximum Gasteiger partial charge on any atom is 0.264 e. The lowest BCUT2D eigenvalue weighted by Crippen LogP contribution is -2.54. The molecule has 1 unspecified atom stereocenters. The van der Waals surface area contributed by atoms with Gasteiger partial charge in [0.05, 0.1) is 16.8 Å². The number of benzene rings is 1. The van der Waals surface area contributed by atoms with Crippen molar-refractivity contribution < 1.29 is 24.0 Å². The SMILES string of the molecule is O=C1CCC(N2C(=O)c3cccc(NCCCCNC(=O)c4snnc4C4CC4)c3C2=O)C(=O)N1. The fourth-order valence-corrected chi connectivity index (χ4v) is 5.06. The lowest BCUT2D eigenvalue weighted by Gasteiger charge is -2.27. The molecule has 3 N–H and O–H groups in total. The number of unbranched alkanes of at least 4 members (excludes halogenated alkanes) is 1. The number of hydrogen-bond donors (Lipinski definition) is 3. The molecule has 1 saturated heterocycles. The molecule has 2 aromatic rings. The molecular weight excluding hydrogens is 472 g/mol. The van der Waals surface area contributed by atoms with Gasteiger partial charge in [0.15, 0.2) is 0 Å². The third-order valence-corrected chi connectivity index (χ3v) is 7.10. The highest BCUT2D eigenvalue weighted by Gasteiger charge is 2.45. The van der Waals surface area contributed by atoms with Gasteiger partial charge in [-0.25, -0.2) is 0 Å². The van der Waals surface area contributed by atoms with Crippen LogP contribution in [0.15, 0.2) is 18.2 Å². The van der Waals surface area contributed by atoms with Gasteiger partial charge in [-0.05, 0) is 55.8 Å². The van der Waals surface area contributed by atoms with E-state index in [9.17, 15) is 24.0 Å². The van der Waals surface area contributed by atoms with E-state index in [0.29, 0.717) is 36.0 Å². The van der Waals surface area contributed by atoms with Gasteiger partial charge in [0, 0.05) is 31.1 Å². The van der Waals surface area contributed by atoms with Crippen molar-refractivity contribution in [3.63, 3.8) is 0 Å². The lowest BCUT2D eigenvalue weighted by molar-refractivity contribution is -0.136. The fourth-order valence-electron chi connectivity index (χ4n) is 4.40. The molecule has 1 aromatic heterocycles. The van der Waals surface area contributed by atoms with Gasteiger partial charge in [-0.2, -0.15) is 0 Å². The summed E-state index contributed by atoms with van der Waals surface area (Å²) in [5.41, 5.74) is 1.80. The van der Waals surface area contributed by atoms with Crippen molar-refractivity contribution in [2.24, 2.45) is 0 Å². The standard InChI is InChI=1S/C23H24N6O5S/c30-16-9-8-15(20(31)26-16)29-22(33)13-4-3-5-14(17(13)23(29)34)24-10-1-2-11-25-21(32)19-18(12-6-7-12)27-28-35-19/h3-5,12,15,24H,1-2,6-11H2,(H,25,32)(H,26,30,31). The molecule has 3 aliphatic rings. The van der Waals surface area contributed by atoms with Crippen LogP contribution in [0.5, 0.6) is 0 Å². The number of aromatic nitrogens is 2. The molecule has 1 saturated carbocycles. The Morgan fingerprint density at radius 1 is 1.09 bits per heavy atom. The molecule has 5 rings (SSSR count). The summed E-state index contributed by atoms with van der Waals surface area (Å²) in [5, 5.41) is 12.4. The van der Waals surface area contributed by atoms with Gasteiger partial charge in [0.1, 0.15) is 10.9 Å². The summed E-state index contributed by atoms with van der Waals surface area (Å²) < 4.78 is 3.91. The Morgan fingerprint density at radius 3 is 2.66 bits per heavy atom. The van der Waals surface area contributed by atoms with Crippen LogP contribution < -0.4 is 16.0 Å². The van der Waals surface area contributed by atoms with E-state index >= 15 is 0 Å². The predicted molar refractivity (Wildman–Crippen MR) is 125 cm³/mol. The molecule has 3 heterocycles. The summed E-state index contributed by atoms with van der Waals surface area (Å²) in [7, 11) is 0. The Bertz CT molecular complexity index is 1220. The Balaban J connectivity index is 1.14. The Hall–Kier alpha value is -3.67. The number of rotatable bonds is 9. The molecule has 0 radical (unpaired) electrons. The summed E-state index contributed by atoms with van der Waals surface area (Å²) >= 11 is 1.12. The first kappa shape index (κ1) is 23.1. The number of carbonyl (C=O) groups excluding carboxylic acids is 5. The van der Waals surface area contributed by atoms with Crippen molar-refractivity contribution in [3.05, 3.63) is 39.9 Å². The van der Waals surface area contributed by atoms with E-state index in [1.807, 2.05) is 0 Å². The molecule has 1 aliphatic carbocycles. The van der Waals surface area contributed by atoms with E-state index in [0.717, 1.165) is 41.4 Å². The molecule has 0 spiro atoms. The highest BCUT2D eigenvalue weighted by molar-refractivity contribution is 7.08. The van der Waals surface area contributed by atoms with Crippen molar-refractivity contribution in [2.45, 2.75) is 50.5 Å². The molecule has 0 bridgehead atoms. The second-order valence-electron chi connectivity index (χ2n) is 8.83. The van der Waals surface area contributed by atoms with Crippen LogP contribution in [0.25, 0.3) is 0 Å². The maximum atomic E-state index is 13.1. The molecule has 5 amide bonds. The van der Waals surface area contributed by atoms with Crippen molar-refractivity contribution in [3.8, 4) is 0 Å². The summed E-state index contributed by atoms with van der Waals surface area (Å²) in [6.07, 6.45) is 3.74. The zero-order valence-electron chi connectivity index (χ0n) is 18.8. The number of fused-ring (bicyclic) bond motifs is 1. The van der Waals surface area contributed by atoms with Gasteiger partial charge in [-0.15, -0.1) is 5.10 Å². The lowest BCUT2D eigenvalue weighted by atomic mass is 10.0. The fraction of sp³-hybridized carbons (Fsp3) is 0.435. The molecule has 1 aromatic carbocycles. The molecule has 2 aliphatic heterocycles. The number of nitrogens with zero attached hydrogens (tertiary/aromatic N) is 3. The molecule has 1 atom stereocenters. The largest absolute Gasteiger partial charge is 0.384 e. The van der Waals surface area contributed by atoms with Crippen molar-refractivity contribution in [1.82, 2.24) is 25.1 Å². The van der Waals surface area contributed by atoms with E-state index in [1.165, 1.54) is 0 Å².